The minimum absolute atomic E-state index is 0.844. The van der Waals surface area contributed by atoms with Gasteiger partial charge < -0.3 is 11.1 Å². The maximum absolute atomic E-state index is 5.84. The molecule has 0 unspecified atom stereocenters. The fourth-order valence-corrected chi connectivity index (χ4v) is 1.93. The van der Waals surface area contributed by atoms with E-state index in [0.29, 0.717) is 0 Å². The van der Waals surface area contributed by atoms with E-state index in [1.165, 1.54) is 5.56 Å². The van der Waals surface area contributed by atoms with Crippen molar-refractivity contribution in [2.45, 2.75) is 13.3 Å². The van der Waals surface area contributed by atoms with Crippen LogP contribution in [0.25, 0.3) is 0 Å². The van der Waals surface area contributed by atoms with E-state index >= 15 is 0 Å². The van der Waals surface area contributed by atoms with Gasteiger partial charge >= 0.3 is 0 Å². The molecule has 2 nitrogen and oxygen atoms in total. The lowest BCUT2D eigenvalue weighted by molar-refractivity contribution is 1.13. The fraction of sp³-hybridized carbons (Fsp3) is 0.333. The van der Waals surface area contributed by atoms with Gasteiger partial charge in [0.05, 0.1) is 0 Å². The molecule has 12 heavy (non-hydrogen) atoms. The zero-order chi connectivity index (χ0) is 9.14. The number of benzene rings is 1. The Hall–Kier alpha value is -0.700. The van der Waals surface area contributed by atoms with E-state index in [1.807, 2.05) is 19.2 Å². The molecule has 0 fully saturated rings. The quantitative estimate of drug-likeness (QED) is 0.765. The molecule has 0 aliphatic carbocycles. The molecule has 1 rings (SSSR count). The van der Waals surface area contributed by atoms with Crippen LogP contribution in [0.4, 0.5) is 11.4 Å². The summed E-state index contributed by atoms with van der Waals surface area (Å²) in [6.45, 7) is 2.09. The zero-order valence-corrected chi connectivity index (χ0v) is 8.90. The highest BCUT2D eigenvalue weighted by molar-refractivity contribution is 9.10. The maximum Gasteiger partial charge on any atom is 0.0378 e. The monoisotopic (exact) mass is 228 g/mol. The number of nitrogens with one attached hydrogen (secondary N) is 1. The molecule has 0 amide bonds. The van der Waals surface area contributed by atoms with Crippen molar-refractivity contribution in [1.82, 2.24) is 0 Å². The van der Waals surface area contributed by atoms with Gasteiger partial charge in [-0.05, 0) is 24.1 Å². The van der Waals surface area contributed by atoms with E-state index in [2.05, 4.69) is 28.2 Å². The first-order valence-electron chi connectivity index (χ1n) is 3.94. The molecular weight excluding hydrogens is 216 g/mol. The van der Waals surface area contributed by atoms with Crippen molar-refractivity contribution >= 4 is 27.3 Å². The highest BCUT2D eigenvalue weighted by atomic mass is 79.9. The lowest BCUT2D eigenvalue weighted by Crippen LogP contribution is -1.97. The van der Waals surface area contributed by atoms with Crippen LogP contribution < -0.4 is 11.1 Å². The highest BCUT2D eigenvalue weighted by Crippen LogP contribution is 2.27. The van der Waals surface area contributed by atoms with Crippen LogP contribution in [0.2, 0.25) is 0 Å². The van der Waals surface area contributed by atoms with Crippen LogP contribution in [0.3, 0.4) is 0 Å². The molecule has 0 radical (unpaired) electrons. The van der Waals surface area contributed by atoms with Gasteiger partial charge in [-0.25, -0.2) is 0 Å². The summed E-state index contributed by atoms with van der Waals surface area (Å²) in [6, 6.07) is 3.98. The Kier molecular flexibility index (Phi) is 2.98. The molecule has 0 aliphatic rings. The van der Waals surface area contributed by atoms with Gasteiger partial charge in [-0.1, -0.05) is 22.9 Å². The van der Waals surface area contributed by atoms with Crippen molar-refractivity contribution in [3.05, 3.63) is 22.2 Å². The Labute approximate surface area is 81.3 Å². The summed E-state index contributed by atoms with van der Waals surface area (Å²) in [6.07, 6.45) is 0.955. The summed E-state index contributed by atoms with van der Waals surface area (Å²) in [5.41, 5.74) is 8.90. The number of anilines is 2. The van der Waals surface area contributed by atoms with Crippen molar-refractivity contribution in [2.24, 2.45) is 0 Å². The Morgan fingerprint density at radius 1 is 1.50 bits per heavy atom. The third kappa shape index (κ3) is 1.72. The molecule has 0 bridgehead atoms. The minimum Gasteiger partial charge on any atom is -0.398 e. The summed E-state index contributed by atoms with van der Waals surface area (Å²) >= 11 is 3.48. The van der Waals surface area contributed by atoms with Crippen LogP contribution in [0.1, 0.15) is 12.5 Å². The average molecular weight is 229 g/mol. The van der Waals surface area contributed by atoms with E-state index in [-0.39, 0.29) is 0 Å². The van der Waals surface area contributed by atoms with Gasteiger partial charge in [0.25, 0.3) is 0 Å². The topological polar surface area (TPSA) is 38.0 Å². The van der Waals surface area contributed by atoms with Gasteiger partial charge in [-0.2, -0.15) is 0 Å². The second-order valence-electron chi connectivity index (χ2n) is 2.63. The SMILES string of the molecule is CCc1c(N)cc(NC)cc1Br. The molecule has 0 aliphatic heterocycles. The lowest BCUT2D eigenvalue weighted by Gasteiger charge is -2.08. The molecule has 3 N–H and O–H groups in total. The lowest BCUT2D eigenvalue weighted by atomic mass is 10.1. The van der Waals surface area contributed by atoms with Gasteiger partial charge in [0, 0.05) is 22.9 Å². The standard InChI is InChI=1S/C9H13BrN2/c1-3-7-8(10)4-6(12-2)5-9(7)11/h4-5,12H,3,11H2,1-2H3. The number of hydrogen-bond donors (Lipinski definition) is 2. The molecule has 1 aromatic carbocycles. The average Bonchev–Trinajstić information content (AvgIpc) is 2.03. The van der Waals surface area contributed by atoms with Gasteiger partial charge in [0.1, 0.15) is 0 Å². The van der Waals surface area contributed by atoms with Gasteiger partial charge in [0.2, 0.25) is 0 Å². The second-order valence-corrected chi connectivity index (χ2v) is 3.48. The van der Waals surface area contributed by atoms with Crippen LogP contribution in [0.15, 0.2) is 16.6 Å². The summed E-state index contributed by atoms with van der Waals surface area (Å²) in [4.78, 5) is 0. The molecule has 1 aromatic rings. The Morgan fingerprint density at radius 3 is 2.58 bits per heavy atom. The summed E-state index contributed by atoms with van der Waals surface area (Å²) in [7, 11) is 1.88. The Bertz CT molecular complexity index is 261. The molecule has 0 spiro atoms. The molecule has 0 heterocycles. The van der Waals surface area contributed by atoms with E-state index in [4.69, 9.17) is 5.73 Å². The third-order valence-electron chi connectivity index (χ3n) is 1.87. The largest absolute Gasteiger partial charge is 0.398 e. The Balaban J connectivity index is 3.18. The first-order chi connectivity index (χ1) is 5.69. The molecular formula is C9H13BrN2. The Morgan fingerprint density at radius 2 is 2.17 bits per heavy atom. The molecule has 0 aromatic heterocycles. The van der Waals surface area contributed by atoms with Crippen molar-refractivity contribution in [3.8, 4) is 0 Å². The smallest absolute Gasteiger partial charge is 0.0378 e. The van der Waals surface area contributed by atoms with E-state index in [1.54, 1.807) is 0 Å². The first-order valence-corrected chi connectivity index (χ1v) is 4.74. The van der Waals surface area contributed by atoms with Crippen molar-refractivity contribution in [1.29, 1.82) is 0 Å². The number of halogens is 1. The highest BCUT2D eigenvalue weighted by Gasteiger charge is 2.03. The van der Waals surface area contributed by atoms with Crippen LogP contribution in [-0.4, -0.2) is 7.05 Å². The van der Waals surface area contributed by atoms with Gasteiger partial charge in [0.15, 0.2) is 0 Å². The molecule has 0 saturated carbocycles. The van der Waals surface area contributed by atoms with Gasteiger partial charge in [-0.15, -0.1) is 0 Å². The molecule has 66 valence electrons. The number of nitrogen functional groups attached to an aromatic ring is 1. The predicted octanol–water partition coefficient (Wildman–Crippen LogP) is 2.64. The van der Waals surface area contributed by atoms with Crippen molar-refractivity contribution < 1.29 is 0 Å². The summed E-state index contributed by atoms with van der Waals surface area (Å²) in [5.74, 6) is 0. The van der Waals surface area contributed by atoms with Gasteiger partial charge in [-0.3, -0.25) is 0 Å². The van der Waals surface area contributed by atoms with Crippen LogP contribution >= 0.6 is 15.9 Å². The van der Waals surface area contributed by atoms with E-state index in [0.717, 1.165) is 22.3 Å². The summed E-state index contributed by atoms with van der Waals surface area (Å²) < 4.78 is 1.08. The maximum atomic E-state index is 5.84. The zero-order valence-electron chi connectivity index (χ0n) is 7.32. The number of rotatable bonds is 2. The van der Waals surface area contributed by atoms with E-state index < -0.39 is 0 Å². The number of nitrogens with two attached hydrogens (primary N) is 1. The van der Waals surface area contributed by atoms with Crippen LogP contribution in [0.5, 0.6) is 0 Å². The second kappa shape index (κ2) is 3.81. The third-order valence-corrected chi connectivity index (χ3v) is 2.58. The van der Waals surface area contributed by atoms with E-state index in [9.17, 15) is 0 Å². The van der Waals surface area contributed by atoms with Crippen molar-refractivity contribution in [2.75, 3.05) is 18.1 Å². The minimum atomic E-state index is 0.844. The summed E-state index contributed by atoms with van der Waals surface area (Å²) in [5, 5.41) is 3.05. The first kappa shape index (κ1) is 9.39. The molecule has 0 atom stereocenters. The fourth-order valence-electron chi connectivity index (χ4n) is 1.18. The molecule has 0 saturated heterocycles. The van der Waals surface area contributed by atoms with Crippen LogP contribution in [0, 0.1) is 0 Å². The predicted molar refractivity (Wildman–Crippen MR) is 57.5 cm³/mol. The number of hydrogen-bond acceptors (Lipinski definition) is 2. The van der Waals surface area contributed by atoms with Crippen molar-refractivity contribution in [3.63, 3.8) is 0 Å². The normalized spacial score (nSPS) is 9.92. The molecule has 3 heteroatoms. The van der Waals surface area contributed by atoms with Crippen LogP contribution in [-0.2, 0) is 6.42 Å².